The van der Waals surface area contributed by atoms with Crippen LogP contribution in [-0.4, -0.2) is 10.8 Å². The van der Waals surface area contributed by atoms with Crippen LogP contribution in [0.4, 0.5) is 0 Å². The SMILES string of the molecule is CCCc1cc(C(=O)[C@H](C#N)c2ccc3ccccc3n2)sc1C. The van der Waals surface area contributed by atoms with Gasteiger partial charge in [0.05, 0.1) is 22.2 Å². The number of nitriles is 1. The van der Waals surface area contributed by atoms with Gasteiger partial charge in [0.1, 0.15) is 0 Å². The van der Waals surface area contributed by atoms with Crippen LogP contribution in [0.25, 0.3) is 10.9 Å². The molecular formula is C20H18N2OS. The first-order valence-electron chi connectivity index (χ1n) is 8.03. The van der Waals surface area contributed by atoms with E-state index in [0.717, 1.165) is 28.6 Å². The van der Waals surface area contributed by atoms with E-state index < -0.39 is 5.92 Å². The summed E-state index contributed by atoms with van der Waals surface area (Å²) in [4.78, 5) is 19.2. The summed E-state index contributed by atoms with van der Waals surface area (Å²) < 4.78 is 0. The van der Waals surface area contributed by atoms with Crippen molar-refractivity contribution < 1.29 is 4.79 Å². The number of carbonyl (C=O) groups is 1. The predicted molar refractivity (Wildman–Crippen MR) is 97.5 cm³/mol. The molecule has 24 heavy (non-hydrogen) atoms. The molecule has 0 aliphatic rings. The molecule has 120 valence electrons. The Hall–Kier alpha value is -2.51. The number of aryl methyl sites for hydroxylation is 2. The Morgan fingerprint density at radius 3 is 2.83 bits per heavy atom. The predicted octanol–water partition coefficient (Wildman–Crippen LogP) is 5.05. The highest BCUT2D eigenvalue weighted by Gasteiger charge is 2.25. The number of carbonyl (C=O) groups excluding carboxylic acids is 1. The Morgan fingerprint density at radius 1 is 1.29 bits per heavy atom. The Bertz CT molecular complexity index is 936. The van der Waals surface area contributed by atoms with Crippen molar-refractivity contribution in [1.29, 1.82) is 5.26 Å². The lowest BCUT2D eigenvalue weighted by Crippen LogP contribution is -2.11. The number of aromatic nitrogens is 1. The molecule has 0 N–H and O–H groups in total. The number of hydrogen-bond donors (Lipinski definition) is 0. The topological polar surface area (TPSA) is 53.8 Å². The molecule has 0 amide bonds. The van der Waals surface area contributed by atoms with Crippen LogP contribution in [0.15, 0.2) is 42.5 Å². The van der Waals surface area contributed by atoms with E-state index >= 15 is 0 Å². The largest absolute Gasteiger partial charge is 0.291 e. The molecule has 0 aliphatic carbocycles. The zero-order valence-corrected chi connectivity index (χ0v) is 14.6. The molecule has 0 saturated heterocycles. The fourth-order valence-corrected chi connectivity index (χ4v) is 3.84. The maximum Gasteiger partial charge on any atom is 0.195 e. The molecule has 2 heterocycles. The van der Waals surface area contributed by atoms with Crippen LogP contribution in [0, 0.1) is 18.3 Å². The highest BCUT2D eigenvalue weighted by Crippen LogP contribution is 2.28. The number of fused-ring (bicyclic) bond motifs is 1. The monoisotopic (exact) mass is 334 g/mol. The fraction of sp³-hybridized carbons (Fsp3) is 0.250. The van der Waals surface area contributed by atoms with Gasteiger partial charge in [-0.3, -0.25) is 9.78 Å². The molecule has 0 bridgehead atoms. The van der Waals surface area contributed by atoms with Gasteiger partial charge in [0.25, 0.3) is 0 Å². The molecule has 4 heteroatoms. The summed E-state index contributed by atoms with van der Waals surface area (Å²) in [6.45, 7) is 4.15. The number of pyridine rings is 1. The lowest BCUT2D eigenvalue weighted by atomic mass is 9.98. The third-order valence-electron chi connectivity index (χ3n) is 4.09. The Kier molecular flexibility index (Phi) is 4.73. The van der Waals surface area contributed by atoms with Crippen molar-refractivity contribution >= 4 is 28.0 Å². The average molecular weight is 334 g/mol. The van der Waals surface area contributed by atoms with Gasteiger partial charge in [0, 0.05) is 10.3 Å². The van der Waals surface area contributed by atoms with Gasteiger partial charge in [0.2, 0.25) is 0 Å². The summed E-state index contributed by atoms with van der Waals surface area (Å²) >= 11 is 1.48. The lowest BCUT2D eigenvalue weighted by Gasteiger charge is -2.07. The zero-order valence-electron chi connectivity index (χ0n) is 13.7. The molecular weight excluding hydrogens is 316 g/mol. The van der Waals surface area contributed by atoms with E-state index in [1.807, 2.05) is 43.3 Å². The Labute approximate surface area is 145 Å². The Balaban J connectivity index is 1.96. The summed E-state index contributed by atoms with van der Waals surface area (Å²) in [5, 5.41) is 10.6. The van der Waals surface area contributed by atoms with E-state index in [-0.39, 0.29) is 5.78 Å². The first-order chi connectivity index (χ1) is 11.6. The van der Waals surface area contributed by atoms with Gasteiger partial charge in [-0.1, -0.05) is 37.6 Å². The van der Waals surface area contributed by atoms with Crippen LogP contribution in [0.3, 0.4) is 0 Å². The minimum Gasteiger partial charge on any atom is -0.291 e. The minimum absolute atomic E-state index is 0.157. The summed E-state index contributed by atoms with van der Waals surface area (Å²) in [6.07, 6.45) is 2.00. The third-order valence-corrected chi connectivity index (χ3v) is 5.20. The van der Waals surface area contributed by atoms with E-state index in [4.69, 9.17) is 0 Å². The number of nitrogens with zero attached hydrogens (tertiary/aromatic N) is 2. The van der Waals surface area contributed by atoms with Crippen molar-refractivity contribution in [3.63, 3.8) is 0 Å². The number of rotatable bonds is 5. The van der Waals surface area contributed by atoms with E-state index in [0.29, 0.717) is 10.6 Å². The van der Waals surface area contributed by atoms with Crippen molar-refractivity contribution in [2.75, 3.05) is 0 Å². The normalized spacial score (nSPS) is 12.0. The van der Waals surface area contributed by atoms with Crippen molar-refractivity contribution in [1.82, 2.24) is 4.98 Å². The van der Waals surface area contributed by atoms with Gasteiger partial charge in [-0.2, -0.15) is 5.26 Å². The standard InChI is InChI=1S/C20H18N2OS/c1-3-6-15-11-19(24-13(15)2)20(23)16(12-21)18-10-9-14-7-4-5-8-17(14)22-18/h4-5,7-11,16H,3,6H2,1-2H3/t16-/m1/s1. The number of thiophene rings is 1. The fourth-order valence-electron chi connectivity index (χ4n) is 2.80. The van der Waals surface area contributed by atoms with Crippen LogP contribution in [0.5, 0.6) is 0 Å². The second-order valence-corrected chi connectivity index (χ2v) is 7.05. The maximum atomic E-state index is 12.8. The van der Waals surface area contributed by atoms with Crippen molar-refractivity contribution in [2.45, 2.75) is 32.6 Å². The number of hydrogen-bond acceptors (Lipinski definition) is 4. The van der Waals surface area contributed by atoms with Gasteiger partial charge in [0.15, 0.2) is 11.7 Å². The van der Waals surface area contributed by atoms with Gasteiger partial charge in [-0.15, -0.1) is 11.3 Å². The number of ketones is 1. The van der Waals surface area contributed by atoms with Crippen LogP contribution < -0.4 is 0 Å². The molecule has 0 fully saturated rings. The van der Waals surface area contributed by atoms with Crippen LogP contribution >= 0.6 is 11.3 Å². The highest BCUT2D eigenvalue weighted by molar-refractivity contribution is 7.14. The van der Waals surface area contributed by atoms with Crippen molar-refractivity contribution in [2.24, 2.45) is 0 Å². The van der Waals surface area contributed by atoms with E-state index in [1.165, 1.54) is 16.9 Å². The molecule has 1 atom stereocenters. The molecule has 0 aliphatic heterocycles. The van der Waals surface area contributed by atoms with Crippen molar-refractivity contribution in [3.05, 3.63) is 63.5 Å². The number of Topliss-reactive ketones (excluding diaryl/α,β-unsaturated/α-hetero) is 1. The first-order valence-corrected chi connectivity index (χ1v) is 8.84. The minimum atomic E-state index is -0.859. The molecule has 3 aromatic rings. The third kappa shape index (κ3) is 3.08. The highest BCUT2D eigenvalue weighted by atomic mass is 32.1. The first kappa shape index (κ1) is 16.4. The second-order valence-electron chi connectivity index (χ2n) is 5.80. The Morgan fingerprint density at radius 2 is 2.08 bits per heavy atom. The summed E-state index contributed by atoms with van der Waals surface area (Å²) in [5.41, 5.74) is 2.52. The maximum absolute atomic E-state index is 12.8. The van der Waals surface area contributed by atoms with Crippen LogP contribution in [0.1, 0.15) is 45.1 Å². The van der Waals surface area contributed by atoms with Crippen molar-refractivity contribution in [3.8, 4) is 6.07 Å². The quantitative estimate of drug-likeness (QED) is 0.614. The molecule has 2 aromatic heterocycles. The molecule has 0 unspecified atom stereocenters. The molecule has 0 radical (unpaired) electrons. The molecule has 0 spiro atoms. The summed E-state index contributed by atoms with van der Waals surface area (Å²) in [5.74, 6) is -1.02. The molecule has 3 rings (SSSR count). The zero-order chi connectivity index (χ0) is 17.1. The van der Waals surface area contributed by atoms with Crippen LogP contribution in [-0.2, 0) is 6.42 Å². The second kappa shape index (κ2) is 6.94. The van der Waals surface area contributed by atoms with Crippen LogP contribution in [0.2, 0.25) is 0 Å². The lowest BCUT2D eigenvalue weighted by molar-refractivity contribution is 0.0981. The molecule has 3 nitrogen and oxygen atoms in total. The number of para-hydroxylation sites is 1. The van der Waals surface area contributed by atoms with E-state index in [2.05, 4.69) is 18.0 Å². The van der Waals surface area contributed by atoms with Gasteiger partial charge in [-0.05, 0) is 37.1 Å². The number of benzene rings is 1. The van der Waals surface area contributed by atoms with E-state index in [1.54, 1.807) is 6.07 Å². The summed E-state index contributed by atoms with van der Waals surface area (Å²) in [7, 11) is 0. The summed E-state index contributed by atoms with van der Waals surface area (Å²) in [6, 6.07) is 15.5. The van der Waals surface area contributed by atoms with Gasteiger partial charge >= 0.3 is 0 Å². The molecule has 0 saturated carbocycles. The molecule has 1 aromatic carbocycles. The van der Waals surface area contributed by atoms with E-state index in [9.17, 15) is 10.1 Å². The average Bonchev–Trinajstić information content (AvgIpc) is 2.96. The smallest absolute Gasteiger partial charge is 0.195 e. The van der Waals surface area contributed by atoms with Gasteiger partial charge in [-0.25, -0.2) is 0 Å². The van der Waals surface area contributed by atoms with Gasteiger partial charge < -0.3 is 0 Å².